The van der Waals surface area contributed by atoms with Gasteiger partial charge >= 0.3 is 5.97 Å². The Labute approximate surface area is 142 Å². The maximum atomic E-state index is 12.7. The molecule has 0 radical (unpaired) electrons. The van der Waals surface area contributed by atoms with Gasteiger partial charge in [0.15, 0.2) is 0 Å². The largest absolute Gasteiger partial charge is 0.462 e. The highest BCUT2D eigenvalue weighted by Crippen LogP contribution is 2.24. The normalized spacial score (nSPS) is 11.6. The SMILES string of the molecule is CCOC(=O)c1ccc(C)c(NC(=O)[C@@H](CC)c2ccccc2)c1. The smallest absolute Gasteiger partial charge is 0.338 e. The number of nitrogens with one attached hydrogen (secondary N) is 1. The zero-order valence-electron chi connectivity index (χ0n) is 14.3. The number of anilines is 1. The lowest BCUT2D eigenvalue weighted by Gasteiger charge is -2.17. The second-order valence-electron chi connectivity index (χ2n) is 5.61. The standard InChI is InChI=1S/C20H23NO3/c1-4-17(15-9-7-6-8-10-15)19(22)21-18-13-16(12-11-14(18)3)20(23)24-5-2/h6-13,17H,4-5H2,1-3H3,(H,21,22)/t17-/m0/s1. The third-order valence-electron chi connectivity index (χ3n) is 3.93. The van der Waals surface area contributed by atoms with E-state index >= 15 is 0 Å². The van der Waals surface area contributed by atoms with E-state index in [0.717, 1.165) is 11.1 Å². The van der Waals surface area contributed by atoms with Crippen molar-refractivity contribution in [1.82, 2.24) is 0 Å². The third-order valence-corrected chi connectivity index (χ3v) is 3.93. The second kappa shape index (κ2) is 8.29. The van der Waals surface area contributed by atoms with Crippen LogP contribution in [0, 0.1) is 6.92 Å². The Morgan fingerprint density at radius 3 is 2.42 bits per heavy atom. The molecule has 2 rings (SSSR count). The number of benzene rings is 2. The van der Waals surface area contributed by atoms with Crippen LogP contribution in [0.4, 0.5) is 5.69 Å². The number of rotatable bonds is 6. The highest BCUT2D eigenvalue weighted by molar-refractivity contribution is 5.98. The van der Waals surface area contributed by atoms with E-state index in [2.05, 4.69) is 5.32 Å². The summed E-state index contributed by atoms with van der Waals surface area (Å²) in [4.78, 5) is 24.5. The first-order chi connectivity index (χ1) is 11.6. The summed E-state index contributed by atoms with van der Waals surface area (Å²) in [5, 5.41) is 2.95. The van der Waals surface area contributed by atoms with E-state index in [0.29, 0.717) is 24.3 Å². The van der Waals surface area contributed by atoms with Crippen LogP contribution in [0.25, 0.3) is 0 Å². The topological polar surface area (TPSA) is 55.4 Å². The number of hydrogen-bond acceptors (Lipinski definition) is 3. The molecule has 0 aliphatic carbocycles. The van der Waals surface area contributed by atoms with Gasteiger partial charge in [-0.3, -0.25) is 4.79 Å². The lowest BCUT2D eigenvalue weighted by Crippen LogP contribution is -2.21. The van der Waals surface area contributed by atoms with Crippen LogP contribution in [0.3, 0.4) is 0 Å². The number of carbonyl (C=O) groups is 2. The van der Waals surface area contributed by atoms with Crippen molar-refractivity contribution in [2.45, 2.75) is 33.1 Å². The summed E-state index contributed by atoms with van der Waals surface area (Å²) in [6, 6.07) is 14.9. The molecule has 24 heavy (non-hydrogen) atoms. The van der Waals surface area contributed by atoms with Crippen LogP contribution in [0.1, 0.15) is 47.7 Å². The van der Waals surface area contributed by atoms with E-state index in [-0.39, 0.29) is 17.8 Å². The molecule has 1 N–H and O–H groups in total. The fraction of sp³-hybridized carbons (Fsp3) is 0.300. The summed E-state index contributed by atoms with van der Waals surface area (Å²) < 4.78 is 5.01. The molecular weight excluding hydrogens is 302 g/mol. The average Bonchev–Trinajstić information content (AvgIpc) is 2.58. The van der Waals surface area contributed by atoms with Crippen molar-refractivity contribution in [1.29, 1.82) is 0 Å². The van der Waals surface area contributed by atoms with Gasteiger partial charge in [0.2, 0.25) is 5.91 Å². The molecule has 0 unspecified atom stereocenters. The minimum Gasteiger partial charge on any atom is -0.462 e. The molecule has 0 spiro atoms. The van der Waals surface area contributed by atoms with Gasteiger partial charge in [-0.2, -0.15) is 0 Å². The quantitative estimate of drug-likeness (QED) is 0.805. The number of hydrogen-bond donors (Lipinski definition) is 1. The average molecular weight is 325 g/mol. The van der Waals surface area contributed by atoms with Crippen LogP contribution >= 0.6 is 0 Å². The number of aryl methyl sites for hydroxylation is 1. The van der Waals surface area contributed by atoms with E-state index in [1.807, 2.05) is 50.2 Å². The van der Waals surface area contributed by atoms with E-state index in [1.54, 1.807) is 19.1 Å². The van der Waals surface area contributed by atoms with Gasteiger partial charge in [-0.25, -0.2) is 4.79 Å². The Balaban J connectivity index is 2.21. The van der Waals surface area contributed by atoms with Gasteiger partial charge in [0.05, 0.1) is 18.1 Å². The fourth-order valence-corrected chi connectivity index (χ4v) is 2.58. The van der Waals surface area contributed by atoms with E-state index < -0.39 is 0 Å². The molecule has 0 fully saturated rings. The van der Waals surface area contributed by atoms with Gasteiger partial charge in [-0.15, -0.1) is 0 Å². The van der Waals surface area contributed by atoms with Crippen molar-refractivity contribution in [3.05, 3.63) is 65.2 Å². The first kappa shape index (κ1) is 17.7. The molecule has 1 atom stereocenters. The molecule has 4 nitrogen and oxygen atoms in total. The van der Waals surface area contributed by atoms with Crippen LogP contribution < -0.4 is 5.32 Å². The summed E-state index contributed by atoms with van der Waals surface area (Å²) in [6.07, 6.45) is 0.701. The maximum Gasteiger partial charge on any atom is 0.338 e. The molecule has 0 heterocycles. The lowest BCUT2D eigenvalue weighted by atomic mass is 9.95. The molecule has 0 saturated heterocycles. The highest BCUT2D eigenvalue weighted by Gasteiger charge is 2.19. The maximum absolute atomic E-state index is 12.7. The zero-order chi connectivity index (χ0) is 17.5. The van der Waals surface area contributed by atoms with Gasteiger partial charge in [-0.1, -0.05) is 43.3 Å². The van der Waals surface area contributed by atoms with Crippen LogP contribution in [-0.2, 0) is 9.53 Å². The Hall–Kier alpha value is -2.62. The zero-order valence-corrected chi connectivity index (χ0v) is 14.3. The Bertz CT molecular complexity index is 710. The summed E-state index contributed by atoms with van der Waals surface area (Å²) in [5.41, 5.74) is 2.96. The first-order valence-electron chi connectivity index (χ1n) is 8.20. The molecule has 2 aromatic rings. The van der Waals surface area contributed by atoms with Crippen molar-refractivity contribution in [3.8, 4) is 0 Å². The van der Waals surface area contributed by atoms with Crippen molar-refractivity contribution in [3.63, 3.8) is 0 Å². The first-order valence-corrected chi connectivity index (χ1v) is 8.20. The van der Waals surface area contributed by atoms with Crippen LogP contribution in [0.2, 0.25) is 0 Å². The molecule has 0 aliphatic rings. The van der Waals surface area contributed by atoms with Crippen LogP contribution in [-0.4, -0.2) is 18.5 Å². The molecular formula is C20H23NO3. The van der Waals surface area contributed by atoms with Crippen LogP contribution in [0.15, 0.2) is 48.5 Å². The third kappa shape index (κ3) is 4.22. The number of ether oxygens (including phenoxy) is 1. The molecule has 0 saturated carbocycles. The molecule has 2 aromatic carbocycles. The minimum atomic E-state index is -0.386. The highest BCUT2D eigenvalue weighted by atomic mass is 16.5. The number of carbonyl (C=O) groups excluding carboxylic acids is 2. The second-order valence-corrected chi connectivity index (χ2v) is 5.61. The van der Waals surface area contributed by atoms with Gasteiger partial charge in [0, 0.05) is 5.69 Å². The Morgan fingerprint density at radius 1 is 1.08 bits per heavy atom. The number of amides is 1. The Morgan fingerprint density at radius 2 is 1.79 bits per heavy atom. The minimum absolute atomic E-state index is 0.0761. The van der Waals surface area contributed by atoms with E-state index in [1.165, 1.54) is 0 Å². The van der Waals surface area contributed by atoms with Crippen molar-refractivity contribution in [2.75, 3.05) is 11.9 Å². The molecule has 126 valence electrons. The van der Waals surface area contributed by atoms with Gasteiger partial charge in [0.25, 0.3) is 0 Å². The van der Waals surface area contributed by atoms with Gasteiger partial charge < -0.3 is 10.1 Å². The molecule has 0 aliphatic heterocycles. The monoisotopic (exact) mass is 325 g/mol. The van der Waals surface area contributed by atoms with Crippen molar-refractivity contribution < 1.29 is 14.3 Å². The summed E-state index contributed by atoms with van der Waals surface area (Å²) in [6.45, 7) is 5.97. The molecule has 0 bridgehead atoms. The van der Waals surface area contributed by atoms with Gasteiger partial charge in [0.1, 0.15) is 0 Å². The lowest BCUT2D eigenvalue weighted by molar-refractivity contribution is -0.117. The summed E-state index contributed by atoms with van der Waals surface area (Å²) >= 11 is 0. The number of esters is 1. The van der Waals surface area contributed by atoms with E-state index in [4.69, 9.17) is 4.74 Å². The molecule has 0 aromatic heterocycles. The predicted molar refractivity (Wildman–Crippen MR) is 95.2 cm³/mol. The summed E-state index contributed by atoms with van der Waals surface area (Å²) in [5.74, 6) is -0.687. The summed E-state index contributed by atoms with van der Waals surface area (Å²) in [7, 11) is 0. The van der Waals surface area contributed by atoms with Crippen LogP contribution in [0.5, 0.6) is 0 Å². The Kier molecular flexibility index (Phi) is 6.13. The molecule has 1 amide bonds. The van der Waals surface area contributed by atoms with E-state index in [9.17, 15) is 9.59 Å². The molecule has 4 heteroatoms. The van der Waals surface area contributed by atoms with Crippen molar-refractivity contribution >= 4 is 17.6 Å². The van der Waals surface area contributed by atoms with Gasteiger partial charge in [-0.05, 0) is 43.5 Å². The van der Waals surface area contributed by atoms with Crippen molar-refractivity contribution in [2.24, 2.45) is 0 Å². The fourth-order valence-electron chi connectivity index (χ4n) is 2.58. The predicted octanol–water partition coefficient (Wildman–Crippen LogP) is 4.30.